The summed E-state index contributed by atoms with van der Waals surface area (Å²) < 4.78 is 30.1. The Kier molecular flexibility index (Phi) is 3.93. The molecule has 8 heteroatoms. The first-order chi connectivity index (χ1) is 8.94. The molecule has 106 valence electrons. The maximum absolute atomic E-state index is 12.2. The number of amides is 1. The third-order valence-corrected chi connectivity index (χ3v) is 4.29. The lowest BCUT2D eigenvalue weighted by Gasteiger charge is -2.31. The summed E-state index contributed by atoms with van der Waals surface area (Å²) in [6.45, 7) is 3.92. The van der Waals surface area contributed by atoms with E-state index in [1.165, 1.54) is 19.4 Å². The van der Waals surface area contributed by atoms with Gasteiger partial charge in [0.25, 0.3) is 15.9 Å². The lowest BCUT2D eigenvalue weighted by Crippen LogP contribution is -2.51. The highest BCUT2D eigenvalue weighted by atomic mass is 32.2. The molecule has 1 saturated heterocycles. The number of piperazine rings is 1. The average Bonchev–Trinajstić information content (AvgIpc) is 2.88. The second-order valence-corrected chi connectivity index (χ2v) is 6.29. The zero-order valence-electron chi connectivity index (χ0n) is 10.8. The van der Waals surface area contributed by atoms with Gasteiger partial charge in [0, 0.05) is 31.7 Å². The molecule has 2 N–H and O–H groups in total. The van der Waals surface area contributed by atoms with Crippen LogP contribution in [0.25, 0.3) is 0 Å². The Balaban J connectivity index is 2.16. The van der Waals surface area contributed by atoms with E-state index in [1.54, 1.807) is 4.90 Å². The van der Waals surface area contributed by atoms with E-state index in [-0.39, 0.29) is 22.6 Å². The van der Waals surface area contributed by atoms with E-state index >= 15 is 0 Å². The van der Waals surface area contributed by atoms with Crippen LogP contribution in [0.1, 0.15) is 17.3 Å². The SMILES string of the molecule is CNS(=O)(=O)c1cc(C(=O)N2CCN[C@H](C)C2)co1. The first kappa shape index (κ1) is 14.0. The monoisotopic (exact) mass is 287 g/mol. The van der Waals surface area contributed by atoms with Gasteiger partial charge in [0.05, 0.1) is 5.56 Å². The average molecular weight is 287 g/mol. The number of carbonyl (C=O) groups is 1. The molecule has 1 fully saturated rings. The van der Waals surface area contributed by atoms with Crippen LogP contribution >= 0.6 is 0 Å². The molecule has 0 aromatic carbocycles. The Labute approximate surface area is 112 Å². The van der Waals surface area contributed by atoms with Gasteiger partial charge in [0.15, 0.2) is 0 Å². The van der Waals surface area contributed by atoms with Gasteiger partial charge >= 0.3 is 0 Å². The van der Waals surface area contributed by atoms with Gasteiger partial charge in [-0.25, -0.2) is 13.1 Å². The molecule has 0 unspecified atom stereocenters. The van der Waals surface area contributed by atoms with E-state index in [4.69, 9.17) is 4.42 Å². The molecule has 2 heterocycles. The summed E-state index contributed by atoms with van der Waals surface area (Å²) in [5.41, 5.74) is 0.253. The summed E-state index contributed by atoms with van der Waals surface area (Å²) in [5, 5.41) is 2.99. The van der Waals surface area contributed by atoms with Crippen molar-refractivity contribution >= 4 is 15.9 Å². The van der Waals surface area contributed by atoms with Crippen LogP contribution in [0.3, 0.4) is 0 Å². The van der Waals surface area contributed by atoms with Crippen molar-refractivity contribution in [2.24, 2.45) is 0 Å². The van der Waals surface area contributed by atoms with E-state index in [0.29, 0.717) is 13.1 Å². The minimum atomic E-state index is -3.65. The lowest BCUT2D eigenvalue weighted by atomic mass is 10.2. The Morgan fingerprint density at radius 2 is 2.32 bits per heavy atom. The Morgan fingerprint density at radius 1 is 1.58 bits per heavy atom. The number of furan rings is 1. The van der Waals surface area contributed by atoms with Crippen LogP contribution in [0.4, 0.5) is 0 Å². The first-order valence-corrected chi connectivity index (χ1v) is 7.47. The predicted octanol–water partition coefficient (Wildman–Crippen LogP) is -0.378. The maximum Gasteiger partial charge on any atom is 0.273 e. The summed E-state index contributed by atoms with van der Waals surface area (Å²) in [5.74, 6) is -0.213. The Bertz CT molecular complexity index is 566. The molecule has 1 aliphatic heterocycles. The fourth-order valence-electron chi connectivity index (χ4n) is 1.97. The van der Waals surface area contributed by atoms with Gasteiger partial charge in [-0.2, -0.15) is 0 Å². The first-order valence-electron chi connectivity index (χ1n) is 5.99. The Hall–Kier alpha value is -1.38. The van der Waals surface area contributed by atoms with Crippen molar-refractivity contribution in [2.75, 3.05) is 26.7 Å². The third kappa shape index (κ3) is 2.96. The van der Waals surface area contributed by atoms with Crippen molar-refractivity contribution in [2.45, 2.75) is 18.1 Å². The fourth-order valence-corrected chi connectivity index (χ4v) is 2.63. The number of sulfonamides is 1. The molecule has 19 heavy (non-hydrogen) atoms. The lowest BCUT2D eigenvalue weighted by molar-refractivity contribution is 0.0708. The molecule has 0 bridgehead atoms. The molecule has 0 saturated carbocycles. The van der Waals surface area contributed by atoms with Gasteiger partial charge in [0.1, 0.15) is 6.26 Å². The number of nitrogens with one attached hydrogen (secondary N) is 2. The molecule has 1 aromatic heterocycles. The van der Waals surface area contributed by atoms with E-state index in [1.807, 2.05) is 6.92 Å². The van der Waals surface area contributed by atoms with Gasteiger partial charge in [0.2, 0.25) is 5.09 Å². The smallest absolute Gasteiger partial charge is 0.273 e. The number of carbonyl (C=O) groups excluding carboxylic acids is 1. The van der Waals surface area contributed by atoms with E-state index < -0.39 is 10.0 Å². The molecular weight excluding hydrogens is 270 g/mol. The highest BCUT2D eigenvalue weighted by Crippen LogP contribution is 2.16. The minimum Gasteiger partial charge on any atom is -0.451 e. The molecular formula is C11H17N3O4S. The fraction of sp³-hybridized carbons (Fsp3) is 0.545. The van der Waals surface area contributed by atoms with Gasteiger partial charge < -0.3 is 14.6 Å². The van der Waals surface area contributed by atoms with Crippen molar-refractivity contribution in [3.63, 3.8) is 0 Å². The van der Waals surface area contributed by atoms with Gasteiger partial charge in [-0.15, -0.1) is 0 Å². The van der Waals surface area contributed by atoms with Crippen LogP contribution < -0.4 is 10.0 Å². The van der Waals surface area contributed by atoms with Crippen molar-refractivity contribution < 1.29 is 17.6 Å². The molecule has 0 spiro atoms. The second-order valence-electron chi connectivity index (χ2n) is 4.47. The molecule has 2 rings (SSSR count). The van der Waals surface area contributed by atoms with Crippen LogP contribution in [-0.4, -0.2) is 51.9 Å². The maximum atomic E-state index is 12.2. The van der Waals surface area contributed by atoms with E-state index in [9.17, 15) is 13.2 Å². The standard InChI is InChI=1S/C11H17N3O4S/c1-8-6-14(4-3-13-8)11(15)9-5-10(18-7-9)19(16,17)12-2/h5,7-8,12-13H,3-4,6H2,1-2H3/t8-/m1/s1. The van der Waals surface area contributed by atoms with Crippen LogP contribution in [0.15, 0.2) is 21.8 Å². The normalized spacial score (nSPS) is 20.5. The molecule has 1 aliphatic rings. The molecule has 0 radical (unpaired) electrons. The number of hydrogen-bond acceptors (Lipinski definition) is 5. The van der Waals surface area contributed by atoms with Crippen molar-refractivity contribution in [3.8, 4) is 0 Å². The highest BCUT2D eigenvalue weighted by molar-refractivity contribution is 7.89. The van der Waals surface area contributed by atoms with E-state index in [2.05, 4.69) is 10.0 Å². The quantitative estimate of drug-likeness (QED) is 0.791. The second kappa shape index (κ2) is 5.32. The molecule has 0 aliphatic carbocycles. The topological polar surface area (TPSA) is 91.7 Å². The minimum absolute atomic E-state index is 0.213. The van der Waals surface area contributed by atoms with Crippen LogP contribution in [0.5, 0.6) is 0 Å². The number of nitrogens with zero attached hydrogens (tertiary/aromatic N) is 1. The molecule has 1 amide bonds. The number of hydrogen-bond donors (Lipinski definition) is 2. The highest BCUT2D eigenvalue weighted by Gasteiger charge is 2.25. The zero-order chi connectivity index (χ0) is 14.0. The van der Waals surface area contributed by atoms with Crippen LogP contribution in [0, 0.1) is 0 Å². The zero-order valence-corrected chi connectivity index (χ0v) is 11.7. The summed E-state index contributed by atoms with van der Waals surface area (Å²) in [7, 11) is -2.36. The van der Waals surface area contributed by atoms with Crippen molar-refractivity contribution in [1.82, 2.24) is 14.9 Å². The van der Waals surface area contributed by atoms with Crippen molar-refractivity contribution in [3.05, 3.63) is 17.9 Å². The van der Waals surface area contributed by atoms with Gasteiger partial charge in [-0.3, -0.25) is 4.79 Å². The number of rotatable bonds is 3. The predicted molar refractivity (Wildman–Crippen MR) is 68.3 cm³/mol. The van der Waals surface area contributed by atoms with E-state index in [0.717, 1.165) is 6.54 Å². The Morgan fingerprint density at radius 3 is 2.95 bits per heavy atom. The largest absolute Gasteiger partial charge is 0.451 e. The summed E-state index contributed by atoms with van der Waals surface area (Å²) in [4.78, 5) is 13.9. The van der Waals surface area contributed by atoms with Crippen molar-refractivity contribution in [1.29, 1.82) is 0 Å². The molecule has 1 atom stereocenters. The summed E-state index contributed by atoms with van der Waals surface area (Å²) >= 11 is 0. The van der Waals surface area contributed by atoms with Gasteiger partial charge in [-0.05, 0) is 14.0 Å². The third-order valence-electron chi connectivity index (χ3n) is 3.01. The van der Waals surface area contributed by atoms with Crippen LogP contribution in [-0.2, 0) is 10.0 Å². The molecule has 1 aromatic rings. The van der Waals surface area contributed by atoms with Gasteiger partial charge in [-0.1, -0.05) is 0 Å². The van der Waals surface area contributed by atoms with Crippen LogP contribution in [0.2, 0.25) is 0 Å². The summed E-state index contributed by atoms with van der Waals surface area (Å²) in [6.07, 6.45) is 1.18. The summed E-state index contributed by atoms with van der Waals surface area (Å²) in [6, 6.07) is 1.48. The molecule has 7 nitrogen and oxygen atoms in total.